The van der Waals surface area contributed by atoms with Crippen LogP contribution in [0.3, 0.4) is 0 Å². The van der Waals surface area contributed by atoms with Crippen molar-refractivity contribution >= 4 is 28.7 Å². The molecule has 168 valence electrons. The van der Waals surface area contributed by atoms with E-state index in [0.29, 0.717) is 24.2 Å². The number of urea groups is 1. The fourth-order valence-corrected chi connectivity index (χ4v) is 4.84. The molecular weight excluding hydrogens is 418 g/mol. The lowest BCUT2D eigenvalue weighted by molar-refractivity contribution is -0.124. The van der Waals surface area contributed by atoms with Crippen LogP contribution in [0.5, 0.6) is 0 Å². The number of hydrogen-bond acceptors (Lipinski definition) is 5. The summed E-state index contributed by atoms with van der Waals surface area (Å²) in [5.41, 5.74) is 2.87. The second-order valence-electron chi connectivity index (χ2n) is 9.06. The monoisotopic (exact) mass is 443 g/mol. The van der Waals surface area contributed by atoms with Crippen molar-refractivity contribution in [1.29, 1.82) is 0 Å². The number of aryl methyl sites for hydroxylation is 1. The van der Waals surface area contributed by atoms with Gasteiger partial charge in [0.25, 0.3) is 11.8 Å². The molecule has 8 nitrogen and oxygen atoms in total. The maximum Gasteiger partial charge on any atom is 0.322 e. The van der Waals surface area contributed by atoms with E-state index in [1.54, 1.807) is 19.3 Å². The predicted octanol–water partition coefficient (Wildman–Crippen LogP) is 3.20. The number of likely N-dealkylation sites (tertiary alicyclic amines) is 1. The number of hydrogen-bond donors (Lipinski definition) is 2. The molecule has 2 atom stereocenters. The van der Waals surface area contributed by atoms with Gasteiger partial charge in [-0.2, -0.15) is 0 Å². The molecule has 0 bridgehead atoms. The van der Waals surface area contributed by atoms with Gasteiger partial charge in [-0.1, -0.05) is 11.6 Å². The van der Waals surface area contributed by atoms with E-state index in [1.165, 1.54) is 0 Å². The van der Waals surface area contributed by atoms with Gasteiger partial charge in [-0.15, -0.1) is 0 Å². The minimum absolute atomic E-state index is 0.0889. The SMILES string of the molecule is Cc1ccc2nc(-c3cccnc3)cc(C(=O)N3CCCC3CC3(C)NC(=O)NC3=O)c2c1. The number of pyridine rings is 2. The van der Waals surface area contributed by atoms with Gasteiger partial charge in [-0.25, -0.2) is 9.78 Å². The summed E-state index contributed by atoms with van der Waals surface area (Å²) in [6, 6.07) is 10.9. The molecule has 2 unspecified atom stereocenters. The van der Waals surface area contributed by atoms with Gasteiger partial charge >= 0.3 is 6.03 Å². The molecule has 2 aromatic heterocycles. The van der Waals surface area contributed by atoms with Crippen LogP contribution in [0.25, 0.3) is 22.2 Å². The number of benzene rings is 1. The van der Waals surface area contributed by atoms with E-state index in [-0.39, 0.29) is 17.9 Å². The van der Waals surface area contributed by atoms with E-state index in [9.17, 15) is 14.4 Å². The van der Waals surface area contributed by atoms with Gasteiger partial charge in [0.1, 0.15) is 5.54 Å². The summed E-state index contributed by atoms with van der Waals surface area (Å²) < 4.78 is 0. The lowest BCUT2D eigenvalue weighted by Crippen LogP contribution is -2.49. The molecule has 4 amide bonds. The summed E-state index contributed by atoms with van der Waals surface area (Å²) in [7, 11) is 0. The zero-order valence-corrected chi connectivity index (χ0v) is 18.6. The summed E-state index contributed by atoms with van der Waals surface area (Å²) in [4.78, 5) is 48.7. The fraction of sp³-hybridized carbons (Fsp3) is 0.320. The third kappa shape index (κ3) is 3.82. The predicted molar refractivity (Wildman–Crippen MR) is 123 cm³/mol. The molecule has 2 aliphatic rings. The molecule has 0 radical (unpaired) electrons. The largest absolute Gasteiger partial charge is 0.336 e. The minimum Gasteiger partial charge on any atom is -0.336 e. The molecule has 5 rings (SSSR count). The summed E-state index contributed by atoms with van der Waals surface area (Å²) in [5.74, 6) is -0.440. The summed E-state index contributed by atoms with van der Waals surface area (Å²) in [6.07, 6.45) is 5.43. The van der Waals surface area contributed by atoms with Gasteiger partial charge in [0, 0.05) is 35.9 Å². The second-order valence-corrected chi connectivity index (χ2v) is 9.06. The first kappa shape index (κ1) is 21.1. The normalized spacial score (nSPS) is 22.5. The summed E-state index contributed by atoms with van der Waals surface area (Å²) in [5, 5.41) is 5.83. The molecule has 2 saturated heterocycles. The molecular formula is C25H25N5O3. The number of imide groups is 1. The molecule has 4 heterocycles. The smallest absolute Gasteiger partial charge is 0.322 e. The average Bonchev–Trinajstić information content (AvgIpc) is 3.35. The van der Waals surface area contributed by atoms with E-state index in [0.717, 1.165) is 34.9 Å². The van der Waals surface area contributed by atoms with Crippen LogP contribution < -0.4 is 10.6 Å². The third-order valence-corrected chi connectivity index (χ3v) is 6.55. The Balaban J connectivity index is 1.54. The number of amides is 4. The number of rotatable bonds is 4. The van der Waals surface area contributed by atoms with Crippen molar-refractivity contribution in [2.45, 2.75) is 44.7 Å². The Labute approximate surface area is 191 Å². The Kier molecular flexibility index (Phi) is 5.08. The van der Waals surface area contributed by atoms with Crippen LogP contribution in [0.15, 0.2) is 48.8 Å². The van der Waals surface area contributed by atoms with Crippen LogP contribution in [0.2, 0.25) is 0 Å². The third-order valence-electron chi connectivity index (χ3n) is 6.55. The van der Waals surface area contributed by atoms with Gasteiger partial charge in [0.05, 0.1) is 16.8 Å². The molecule has 0 spiro atoms. The van der Waals surface area contributed by atoms with E-state index in [4.69, 9.17) is 4.98 Å². The zero-order chi connectivity index (χ0) is 23.2. The van der Waals surface area contributed by atoms with Crippen molar-refractivity contribution in [1.82, 2.24) is 25.5 Å². The maximum absolute atomic E-state index is 13.9. The molecule has 0 saturated carbocycles. The van der Waals surface area contributed by atoms with E-state index in [2.05, 4.69) is 15.6 Å². The highest BCUT2D eigenvalue weighted by atomic mass is 16.2. The van der Waals surface area contributed by atoms with Gasteiger partial charge in [0.2, 0.25) is 0 Å². The molecule has 2 fully saturated rings. The summed E-state index contributed by atoms with van der Waals surface area (Å²) >= 11 is 0. The quantitative estimate of drug-likeness (QED) is 0.603. The number of fused-ring (bicyclic) bond motifs is 1. The van der Waals surface area contributed by atoms with Crippen molar-refractivity contribution in [3.05, 3.63) is 59.9 Å². The Morgan fingerprint density at radius 1 is 1.24 bits per heavy atom. The first-order valence-corrected chi connectivity index (χ1v) is 11.1. The molecule has 1 aromatic carbocycles. The van der Waals surface area contributed by atoms with E-state index >= 15 is 0 Å². The lowest BCUT2D eigenvalue weighted by atomic mass is 9.91. The number of carbonyl (C=O) groups is 3. The van der Waals surface area contributed by atoms with Crippen LogP contribution in [0.4, 0.5) is 4.79 Å². The Morgan fingerprint density at radius 2 is 2.09 bits per heavy atom. The standard InChI is InChI=1S/C25H25N5O3/c1-15-7-8-20-18(11-15)19(12-21(27-20)16-5-3-9-26-14-16)22(31)30-10-4-6-17(30)13-25(2)23(32)28-24(33)29-25/h3,5,7-9,11-12,14,17H,4,6,10,13H2,1-2H3,(H2,28,29,32,33). The van der Waals surface area contributed by atoms with E-state index in [1.807, 2.05) is 48.2 Å². The van der Waals surface area contributed by atoms with Gasteiger partial charge in [-0.05, 0) is 63.4 Å². The molecule has 2 N–H and O–H groups in total. The molecule has 3 aromatic rings. The topological polar surface area (TPSA) is 104 Å². The fourth-order valence-electron chi connectivity index (χ4n) is 4.84. The van der Waals surface area contributed by atoms with Crippen LogP contribution >= 0.6 is 0 Å². The minimum atomic E-state index is -1.03. The molecule has 8 heteroatoms. The van der Waals surface area contributed by atoms with Gasteiger partial charge in [-0.3, -0.25) is 19.9 Å². The highest BCUT2D eigenvalue weighted by Crippen LogP contribution is 2.32. The highest BCUT2D eigenvalue weighted by molar-refractivity contribution is 6.08. The van der Waals surface area contributed by atoms with Crippen molar-refractivity contribution in [2.75, 3.05) is 6.54 Å². The Bertz CT molecular complexity index is 1280. The first-order valence-electron chi connectivity index (χ1n) is 11.1. The lowest BCUT2D eigenvalue weighted by Gasteiger charge is -2.31. The Hall–Kier alpha value is -3.81. The molecule has 2 aliphatic heterocycles. The van der Waals surface area contributed by atoms with Crippen LogP contribution in [-0.4, -0.2) is 50.8 Å². The number of nitrogens with zero attached hydrogens (tertiary/aromatic N) is 3. The maximum atomic E-state index is 13.9. The zero-order valence-electron chi connectivity index (χ0n) is 18.6. The van der Waals surface area contributed by atoms with E-state index < -0.39 is 11.6 Å². The average molecular weight is 444 g/mol. The first-order chi connectivity index (χ1) is 15.8. The molecule has 0 aliphatic carbocycles. The number of nitrogens with one attached hydrogen (secondary N) is 2. The van der Waals surface area contributed by atoms with Crippen LogP contribution in [0, 0.1) is 6.92 Å². The Morgan fingerprint density at radius 3 is 2.82 bits per heavy atom. The van der Waals surface area contributed by atoms with Crippen molar-refractivity contribution < 1.29 is 14.4 Å². The van der Waals surface area contributed by atoms with Gasteiger partial charge < -0.3 is 10.2 Å². The van der Waals surface area contributed by atoms with Crippen molar-refractivity contribution in [2.24, 2.45) is 0 Å². The van der Waals surface area contributed by atoms with Crippen molar-refractivity contribution in [3.63, 3.8) is 0 Å². The highest BCUT2D eigenvalue weighted by Gasteiger charge is 2.46. The van der Waals surface area contributed by atoms with Crippen LogP contribution in [0.1, 0.15) is 42.1 Å². The summed E-state index contributed by atoms with van der Waals surface area (Å²) in [6.45, 7) is 4.30. The second kappa shape index (κ2) is 7.95. The number of aromatic nitrogens is 2. The van der Waals surface area contributed by atoms with Crippen LogP contribution in [-0.2, 0) is 4.79 Å². The number of carbonyl (C=O) groups excluding carboxylic acids is 3. The molecule has 33 heavy (non-hydrogen) atoms. The van der Waals surface area contributed by atoms with Gasteiger partial charge in [0.15, 0.2) is 0 Å². The van der Waals surface area contributed by atoms with Crippen molar-refractivity contribution in [3.8, 4) is 11.3 Å².